The molecule has 3 nitrogen and oxygen atoms in total. The molecule has 0 aliphatic heterocycles. The molecule has 1 saturated carbocycles. The van der Waals surface area contributed by atoms with E-state index < -0.39 is 0 Å². The minimum absolute atomic E-state index is 0.472. The molecule has 1 aromatic rings. The molecule has 3 heteroatoms. The molecule has 0 spiro atoms. The Hall–Kier alpha value is -1.06. The van der Waals surface area contributed by atoms with E-state index in [0.29, 0.717) is 19.3 Å². The summed E-state index contributed by atoms with van der Waals surface area (Å²) in [7, 11) is 0. The van der Waals surface area contributed by atoms with Crippen LogP contribution < -0.4 is 10.5 Å². The van der Waals surface area contributed by atoms with Crippen LogP contribution in [0.15, 0.2) is 24.3 Å². The van der Waals surface area contributed by atoms with E-state index in [1.54, 1.807) is 0 Å². The first kappa shape index (κ1) is 16.3. The van der Waals surface area contributed by atoms with Gasteiger partial charge in [0.15, 0.2) is 0 Å². The van der Waals surface area contributed by atoms with E-state index >= 15 is 0 Å². The normalized spacial score (nSPS) is 22.2. The number of para-hydroxylation sites is 1. The van der Waals surface area contributed by atoms with Gasteiger partial charge in [0, 0.05) is 18.5 Å². The molecule has 0 amide bonds. The predicted molar refractivity (Wildman–Crippen MR) is 86.4 cm³/mol. The van der Waals surface area contributed by atoms with Crippen molar-refractivity contribution in [3.05, 3.63) is 29.8 Å². The van der Waals surface area contributed by atoms with Gasteiger partial charge in [0.05, 0.1) is 19.3 Å². The van der Waals surface area contributed by atoms with Crippen molar-refractivity contribution in [3.8, 4) is 5.75 Å². The van der Waals surface area contributed by atoms with Gasteiger partial charge in [-0.1, -0.05) is 44.4 Å². The molecule has 1 fully saturated rings. The fourth-order valence-corrected chi connectivity index (χ4v) is 3.15. The zero-order valence-electron chi connectivity index (χ0n) is 13.2. The lowest BCUT2D eigenvalue weighted by atomic mass is 9.85. The van der Waals surface area contributed by atoms with Crippen LogP contribution in [0, 0.1) is 5.92 Å². The van der Waals surface area contributed by atoms with Crippen LogP contribution in [0.4, 0.5) is 0 Å². The van der Waals surface area contributed by atoms with Gasteiger partial charge in [-0.25, -0.2) is 0 Å². The van der Waals surface area contributed by atoms with Gasteiger partial charge in [0.1, 0.15) is 5.75 Å². The third kappa shape index (κ3) is 5.01. The molecule has 1 aliphatic carbocycles. The Kier molecular flexibility index (Phi) is 7.04. The van der Waals surface area contributed by atoms with Crippen molar-refractivity contribution < 1.29 is 9.47 Å². The molecule has 1 aromatic carbocycles. The van der Waals surface area contributed by atoms with E-state index in [9.17, 15) is 0 Å². The van der Waals surface area contributed by atoms with Gasteiger partial charge in [0.25, 0.3) is 0 Å². The van der Waals surface area contributed by atoms with Crippen LogP contribution >= 0.6 is 0 Å². The fourth-order valence-electron chi connectivity index (χ4n) is 3.15. The SMILES string of the molecule is CCC1CCCCC1OCCCOc1ccccc1CN. The Balaban J connectivity index is 1.65. The van der Waals surface area contributed by atoms with Crippen molar-refractivity contribution >= 4 is 0 Å². The van der Waals surface area contributed by atoms with Crippen LogP contribution in [-0.4, -0.2) is 19.3 Å². The van der Waals surface area contributed by atoms with Crippen LogP contribution in [0.5, 0.6) is 5.75 Å². The number of nitrogens with two attached hydrogens (primary N) is 1. The third-order valence-corrected chi connectivity index (χ3v) is 4.43. The van der Waals surface area contributed by atoms with Crippen LogP contribution in [0.3, 0.4) is 0 Å². The van der Waals surface area contributed by atoms with E-state index in [1.807, 2.05) is 24.3 Å². The maximum atomic E-state index is 6.08. The van der Waals surface area contributed by atoms with Crippen molar-refractivity contribution in [2.45, 2.75) is 58.1 Å². The van der Waals surface area contributed by atoms with Crippen molar-refractivity contribution in [3.63, 3.8) is 0 Å². The summed E-state index contributed by atoms with van der Waals surface area (Å²) >= 11 is 0. The minimum atomic E-state index is 0.472. The molecule has 0 heterocycles. The van der Waals surface area contributed by atoms with Gasteiger partial charge < -0.3 is 15.2 Å². The van der Waals surface area contributed by atoms with E-state index in [2.05, 4.69) is 6.92 Å². The van der Waals surface area contributed by atoms with Crippen LogP contribution in [0.1, 0.15) is 51.0 Å². The smallest absolute Gasteiger partial charge is 0.123 e. The molecule has 2 rings (SSSR count). The summed E-state index contributed by atoms with van der Waals surface area (Å²) in [5.41, 5.74) is 6.77. The highest BCUT2D eigenvalue weighted by Crippen LogP contribution is 2.29. The van der Waals surface area contributed by atoms with Crippen LogP contribution in [0.2, 0.25) is 0 Å². The lowest BCUT2D eigenvalue weighted by molar-refractivity contribution is -0.0159. The molecule has 0 radical (unpaired) electrons. The molecule has 0 aromatic heterocycles. The average molecular weight is 291 g/mol. The lowest BCUT2D eigenvalue weighted by Crippen LogP contribution is -2.28. The molecule has 1 aliphatic rings. The Labute approximate surface area is 128 Å². The van der Waals surface area contributed by atoms with Gasteiger partial charge in [-0.2, -0.15) is 0 Å². The second-order valence-electron chi connectivity index (χ2n) is 5.88. The first-order valence-electron chi connectivity index (χ1n) is 8.37. The molecular weight excluding hydrogens is 262 g/mol. The first-order valence-corrected chi connectivity index (χ1v) is 8.37. The van der Waals surface area contributed by atoms with E-state index in [0.717, 1.165) is 30.3 Å². The zero-order chi connectivity index (χ0) is 14.9. The van der Waals surface area contributed by atoms with Crippen molar-refractivity contribution in [1.82, 2.24) is 0 Å². The first-order chi connectivity index (χ1) is 10.3. The standard InChI is InChI=1S/C18H29NO2/c1-2-15-8-3-5-10-17(15)20-12-7-13-21-18-11-6-4-9-16(18)14-19/h4,6,9,11,15,17H,2-3,5,7-8,10,12-14,19H2,1H3. The second-order valence-corrected chi connectivity index (χ2v) is 5.88. The summed E-state index contributed by atoms with van der Waals surface area (Å²) in [6.45, 7) is 4.29. The number of ether oxygens (including phenoxy) is 2. The molecule has 2 unspecified atom stereocenters. The van der Waals surface area contributed by atoms with Gasteiger partial charge in [-0.05, 0) is 24.8 Å². The number of benzene rings is 1. The highest BCUT2D eigenvalue weighted by Gasteiger charge is 2.23. The minimum Gasteiger partial charge on any atom is -0.493 e. The largest absolute Gasteiger partial charge is 0.493 e. The second kappa shape index (κ2) is 9.06. The number of rotatable bonds is 8. The molecular formula is C18H29NO2. The Morgan fingerprint density at radius 1 is 1.14 bits per heavy atom. The summed E-state index contributed by atoms with van der Waals surface area (Å²) in [6.07, 6.45) is 7.91. The summed E-state index contributed by atoms with van der Waals surface area (Å²) in [5.74, 6) is 1.67. The average Bonchev–Trinajstić information content (AvgIpc) is 2.55. The highest BCUT2D eigenvalue weighted by atomic mass is 16.5. The summed E-state index contributed by atoms with van der Waals surface area (Å²) in [4.78, 5) is 0. The topological polar surface area (TPSA) is 44.5 Å². The van der Waals surface area contributed by atoms with E-state index in [1.165, 1.54) is 32.1 Å². The lowest BCUT2D eigenvalue weighted by Gasteiger charge is -2.30. The monoisotopic (exact) mass is 291 g/mol. The van der Waals surface area contributed by atoms with Crippen LogP contribution in [0.25, 0.3) is 0 Å². The van der Waals surface area contributed by atoms with Crippen molar-refractivity contribution in [2.75, 3.05) is 13.2 Å². The molecule has 0 bridgehead atoms. The Morgan fingerprint density at radius 3 is 2.76 bits per heavy atom. The zero-order valence-corrected chi connectivity index (χ0v) is 13.2. The Bertz CT molecular complexity index is 408. The Morgan fingerprint density at radius 2 is 1.95 bits per heavy atom. The quantitative estimate of drug-likeness (QED) is 0.739. The van der Waals surface area contributed by atoms with Gasteiger partial charge >= 0.3 is 0 Å². The van der Waals surface area contributed by atoms with E-state index in [4.69, 9.17) is 15.2 Å². The van der Waals surface area contributed by atoms with Crippen molar-refractivity contribution in [1.29, 1.82) is 0 Å². The maximum absolute atomic E-state index is 6.08. The molecule has 2 atom stereocenters. The number of hydrogen-bond acceptors (Lipinski definition) is 3. The molecule has 2 N–H and O–H groups in total. The van der Waals surface area contributed by atoms with Crippen LogP contribution in [-0.2, 0) is 11.3 Å². The summed E-state index contributed by atoms with van der Waals surface area (Å²) in [6, 6.07) is 7.97. The summed E-state index contributed by atoms with van der Waals surface area (Å²) in [5, 5.41) is 0. The van der Waals surface area contributed by atoms with Gasteiger partial charge in [-0.3, -0.25) is 0 Å². The third-order valence-electron chi connectivity index (χ3n) is 4.43. The fraction of sp³-hybridized carbons (Fsp3) is 0.667. The maximum Gasteiger partial charge on any atom is 0.123 e. The van der Waals surface area contributed by atoms with Gasteiger partial charge in [0.2, 0.25) is 0 Å². The highest BCUT2D eigenvalue weighted by molar-refractivity contribution is 5.32. The van der Waals surface area contributed by atoms with Crippen molar-refractivity contribution in [2.24, 2.45) is 11.7 Å². The number of hydrogen-bond donors (Lipinski definition) is 1. The van der Waals surface area contributed by atoms with E-state index in [-0.39, 0.29) is 0 Å². The molecule has 118 valence electrons. The predicted octanol–water partition coefficient (Wildman–Crippen LogP) is 3.90. The molecule has 21 heavy (non-hydrogen) atoms. The summed E-state index contributed by atoms with van der Waals surface area (Å²) < 4.78 is 11.9. The van der Waals surface area contributed by atoms with Gasteiger partial charge in [-0.15, -0.1) is 0 Å². The molecule has 0 saturated heterocycles.